The molecule has 4 rings (SSSR count). The molecule has 1 amide bonds. The summed E-state index contributed by atoms with van der Waals surface area (Å²) in [6.07, 6.45) is 2.01. The molecule has 7 heteroatoms. The Kier molecular flexibility index (Phi) is 5.64. The van der Waals surface area contributed by atoms with E-state index in [2.05, 4.69) is 10.3 Å². The second kappa shape index (κ2) is 8.50. The van der Waals surface area contributed by atoms with Crippen molar-refractivity contribution in [3.8, 4) is 10.6 Å². The van der Waals surface area contributed by atoms with Crippen molar-refractivity contribution in [1.82, 2.24) is 10.3 Å². The van der Waals surface area contributed by atoms with Crippen molar-refractivity contribution in [2.45, 2.75) is 18.9 Å². The van der Waals surface area contributed by atoms with Gasteiger partial charge in [0, 0.05) is 18.7 Å². The number of hydrogen-bond acceptors (Lipinski definition) is 6. The van der Waals surface area contributed by atoms with E-state index in [4.69, 9.17) is 9.47 Å². The number of carbonyl (C=O) groups is 2. The Labute approximate surface area is 166 Å². The Morgan fingerprint density at radius 3 is 2.82 bits per heavy atom. The minimum Gasteiger partial charge on any atom is -0.452 e. The van der Waals surface area contributed by atoms with Crippen molar-refractivity contribution in [2.24, 2.45) is 0 Å². The molecular formula is C21H20N2O4S. The molecule has 1 aromatic heterocycles. The third kappa shape index (κ3) is 4.21. The lowest BCUT2D eigenvalue weighted by atomic mass is 10.1. The smallest absolute Gasteiger partial charge is 0.339 e. The van der Waals surface area contributed by atoms with Crippen LogP contribution in [0.1, 0.15) is 23.2 Å². The number of aromatic nitrogens is 1. The number of amides is 1. The third-order valence-electron chi connectivity index (χ3n) is 4.56. The van der Waals surface area contributed by atoms with Crippen LogP contribution in [0.4, 0.5) is 0 Å². The fraction of sp³-hybridized carbons (Fsp3) is 0.286. The maximum absolute atomic E-state index is 12.6. The highest BCUT2D eigenvalue weighted by Crippen LogP contribution is 2.32. The first-order chi connectivity index (χ1) is 13.7. The summed E-state index contributed by atoms with van der Waals surface area (Å²) in [5.74, 6) is -0.872. The third-order valence-corrected chi connectivity index (χ3v) is 5.63. The molecule has 1 aliphatic rings. The van der Waals surface area contributed by atoms with Gasteiger partial charge in [0.1, 0.15) is 5.01 Å². The van der Waals surface area contributed by atoms with Gasteiger partial charge in [0.15, 0.2) is 6.61 Å². The van der Waals surface area contributed by atoms with Crippen molar-refractivity contribution in [3.63, 3.8) is 0 Å². The van der Waals surface area contributed by atoms with E-state index in [1.165, 1.54) is 11.3 Å². The van der Waals surface area contributed by atoms with Crippen LogP contribution in [0.5, 0.6) is 0 Å². The highest BCUT2D eigenvalue weighted by Gasteiger charge is 2.19. The van der Waals surface area contributed by atoms with Crippen LogP contribution >= 0.6 is 11.3 Å². The van der Waals surface area contributed by atoms with Gasteiger partial charge >= 0.3 is 5.97 Å². The second-order valence-corrected chi connectivity index (χ2v) is 7.58. The number of fused-ring (bicyclic) bond motifs is 1. The topological polar surface area (TPSA) is 77.5 Å². The van der Waals surface area contributed by atoms with E-state index in [1.54, 1.807) is 12.1 Å². The SMILES string of the molecule is O=C(COC(=O)c1ccccc1-c1nc2ccccc2s1)NC[C@@H]1CCCO1. The molecule has 1 fully saturated rings. The normalized spacial score (nSPS) is 16.2. The predicted molar refractivity (Wildman–Crippen MR) is 107 cm³/mol. The molecule has 1 atom stereocenters. The molecule has 1 saturated heterocycles. The number of thiazole rings is 1. The summed E-state index contributed by atoms with van der Waals surface area (Å²) in [6, 6.07) is 15.0. The number of nitrogens with zero attached hydrogens (tertiary/aromatic N) is 1. The predicted octanol–water partition coefficient (Wildman–Crippen LogP) is 3.42. The Morgan fingerprint density at radius 1 is 1.18 bits per heavy atom. The molecule has 0 spiro atoms. The molecule has 0 bridgehead atoms. The van der Waals surface area contributed by atoms with Crippen molar-refractivity contribution < 1.29 is 19.1 Å². The number of para-hydroxylation sites is 1. The molecule has 2 heterocycles. The highest BCUT2D eigenvalue weighted by atomic mass is 32.1. The van der Waals surface area contributed by atoms with Gasteiger partial charge < -0.3 is 14.8 Å². The zero-order chi connectivity index (χ0) is 19.3. The molecular weight excluding hydrogens is 376 g/mol. The molecule has 6 nitrogen and oxygen atoms in total. The molecule has 0 unspecified atom stereocenters. The number of carbonyl (C=O) groups excluding carboxylic acids is 2. The van der Waals surface area contributed by atoms with Gasteiger partial charge in [0.25, 0.3) is 5.91 Å². The van der Waals surface area contributed by atoms with Crippen LogP contribution < -0.4 is 5.32 Å². The van der Waals surface area contributed by atoms with Gasteiger partial charge in [0.05, 0.1) is 21.9 Å². The molecule has 0 radical (unpaired) electrons. The molecule has 2 aromatic carbocycles. The summed E-state index contributed by atoms with van der Waals surface area (Å²) in [6.45, 7) is 0.858. The monoisotopic (exact) mass is 396 g/mol. The average Bonchev–Trinajstić information content (AvgIpc) is 3.40. The number of nitrogens with one attached hydrogen (secondary N) is 1. The number of hydrogen-bond donors (Lipinski definition) is 1. The fourth-order valence-corrected chi connectivity index (χ4v) is 4.13. The van der Waals surface area contributed by atoms with Crippen molar-refractivity contribution in [2.75, 3.05) is 19.8 Å². The van der Waals surface area contributed by atoms with E-state index in [0.717, 1.165) is 34.7 Å². The minimum atomic E-state index is -0.540. The minimum absolute atomic E-state index is 0.0550. The molecule has 0 aliphatic carbocycles. The van der Waals surface area contributed by atoms with Gasteiger partial charge in [-0.1, -0.05) is 30.3 Å². The lowest BCUT2D eigenvalue weighted by Gasteiger charge is -2.11. The standard InChI is InChI=1S/C21H20N2O4S/c24-19(22-12-14-6-5-11-26-14)13-27-21(25)16-8-2-1-7-15(16)20-23-17-9-3-4-10-18(17)28-20/h1-4,7-10,14H,5-6,11-13H2,(H,22,24)/t14-/m0/s1. The van der Waals surface area contributed by atoms with E-state index in [9.17, 15) is 9.59 Å². The lowest BCUT2D eigenvalue weighted by Crippen LogP contribution is -2.34. The van der Waals surface area contributed by atoms with E-state index >= 15 is 0 Å². The van der Waals surface area contributed by atoms with Crippen LogP contribution in [0.15, 0.2) is 48.5 Å². The zero-order valence-electron chi connectivity index (χ0n) is 15.2. The maximum Gasteiger partial charge on any atom is 0.339 e. The number of ether oxygens (including phenoxy) is 2. The summed E-state index contributed by atoms with van der Waals surface area (Å²) in [5.41, 5.74) is 1.99. The van der Waals surface area contributed by atoms with Crippen LogP contribution in [0.25, 0.3) is 20.8 Å². The summed E-state index contributed by atoms with van der Waals surface area (Å²) >= 11 is 1.52. The van der Waals surface area contributed by atoms with Crippen LogP contribution in [0.3, 0.4) is 0 Å². The second-order valence-electron chi connectivity index (χ2n) is 6.55. The Bertz CT molecular complexity index is 962. The zero-order valence-corrected chi connectivity index (χ0v) is 16.0. The first-order valence-electron chi connectivity index (χ1n) is 9.21. The molecule has 144 valence electrons. The lowest BCUT2D eigenvalue weighted by molar-refractivity contribution is -0.124. The number of benzene rings is 2. The van der Waals surface area contributed by atoms with Crippen LogP contribution in [-0.2, 0) is 14.3 Å². The summed E-state index contributed by atoms with van der Waals surface area (Å²) in [4.78, 5) is 29.1. The quantitative estimate of drug-likeness (QED) is 0.646. The largest absolute Gasteiger partial charge is 0.452 e. The Hall–Kier alpha value is -2.77. The fourth-order valence-electron chi connectivity index (χ4n) is 3.13. The van der Waals surface area contributed by atoms with E-state index in [0.29, 0.717) is 17.7 Å². The van der Waals surface area contributed by atoms with Crippen LogP contribution in [0.2, 0.25) is 0 Å². The van der Waals surface area contributed by atoms with Crippen molar-refractivity contribution in [3.05, 3.63) is 54.1 Å². The van der Waals surface area contributed by atoms with Gasteiger partial charge in [-0.05, 0) is 31.0 Å². The molecule has 1 N–H and O–H groups in total. The molecule has 0 saturated carbocycles. The van der Waals surface area contributed by atoms with E-state index in [1.807, 2.05) is 36.4 Å². The van der Waals surface area contributed by atoms with E-state index < -0.39 is 5.97 Å². The van der Waals surface area contributed by atoms with Gasteiger partial charge in [-0.15, -0.1) is 11.3 Å². The van der Waals surface area contributed by atoms with Gasteiger partial charge in [0.2, 0.25) is 0 Å². The van der Waals surface area contributed by atoms with Gasteiger partial charge in [-0.25, -0.2) is 9.78 Å². The van der Waals surface area contributed by atoms with Gasteiger partial charge in [-0.2, -0.15) is 0 Å². The number of rotatable bonds is 6. The summed E-state index contributed by atoms with van der Waals surface area (Å²) < 4.78 is 11.7. The molecule has 1 aliphatic heterocycles. The highest BCUT2D eigenvalue weighted by molar-refractivity contribution is 7.21. The number of esters is 1. The first-order valence-corrected chi connectivity index (χ1v) is 10.0. The first kappa shape index (κ1) is 18.6. The van der Waals surface area contributed by atoms with Crippen LogP contribution in [0, 0.1) is 0 Å². The molecule has 3 aromatic rings. The molecule has 28 heavy (non-hydrogen) atoms. The van der Waals surface area contributed by atoms with Crippen LogP contribution in [-0.4, -0.2) is 42.7 Å². The Morgan fingerprint density at radius 2 is 2.00 bits per heavy atom. The average molecular weight is 396 g/mol. The van der Waals surface area contributed by atoms with Gasteiger partial charge in [-0.3, -0.25) is 4.79 Å². The maximum atomic E-state index is 12.6. The summed E-state index contributed by atoms with van der Waals surface area (Å²) in [7, 11) is 0. The van der Waals surface area contributed by atoms with E-state index in [-0.39, 0.29) is 18.6 Å². The van der Waals surface area contributed by atoms with Crippen molar-refractivity contribution in [1.29, 1.82) is 0 Å². The summed E-state index contributed by atoms with van der Waals surface area (Å²) in [5, 5.41) is 3.49. The van der Waals surface area contributed by atoms with Crippen molar-refractivity contribution >= 4 is 33.4 Å². The Balaban J connectivity index is 1.42.